The molecule has 0 aliphatic carbocycles. The van der Waals surface area contributed by atoms with E-state index < -0.39 is 0 Å². The number of nitrogens with zero attached hydrogens (tertiary/aromatic N) is 5. The Morgan fingerprint density at radius 2 is 2.05 bits per heavy atom. The fraction of sp³-hybridized carbons (Fsp3) is 0.312. The number of hydrogen-bond acceptors (Lipinski definition) is 5. The maximum Gasteiger partial charge on any atom is 0.145 e. The number of nitrogens with two attached hydrogens (primary N) is 1. The molecule has 0 saturated carbocycles. The monoisotopic (exact) mass is 296 g/mol. The highest BCUT2D eigenvalue weighted by molar-refractivity contribution is 5.87. The molecule has 0 aliphatic rings. The van der Waals surface area contributed by atoms with Gasteiger partial charge in [-0.25, -0.2) is 9.97 Å². The molecule has 22 heavy (non-hydrogen) atoms. The lowest BCUT2D eigenvalue weighted by molar-refractivity contribution is 0.247. The summed E-state index contributed by atoms with van der Waals surface area (Å²) in [6.45, 7) is 2.77. The first-order chi connectivity index (χ1) is 10.5. The first kappa shape index (κ1) is 14.5. The van der Waals surface area contributed by atoms with Gasteiger partial charge in [0.05, 0.1) is 18.3 Å². The molecule has 2 N–H and O–H groups in total. The molecule has 0 amide bonds. The van der Waals surface area contributed by atoms with E-state index in [0.29, 0.717) is 12.4 Å². The third-order valence-corrected chi connectivity index (χ3v) is 3.94. The second-order valence-electron chi connectivity index (χ2n) is 5.58. The van der Waals surface area contributed by atoms with Gasteiger partial charge in [-0.3, -0.25) is 9.58 Å². The minimum Gasteiger partial charge on any atom is -0.383 e. The molecule has 3 rings (SSSR count). The summed E-state index contributed by atoms with van der Waals surface area (Å²) in [4.78, 5) is 11.2. The predicted molar refractivity (Wildman–Crippen MR) is 87.0 cm³/mol. The summed E-state index contributed by atoms with van der Waals surface area (Å²) in [5.74, 6) is 1.26. The Labute approximate surface area is 129 Å². The lowest BCUT2D eigenvalue weighted by Gasteiger charge is -2.23. The lowest BCUT2D eigenvalue weighted by atomic mass is 10.1. The predicted octanol–water partition coefficient (Wildman–Crippen LogP) is 2.14. The Hall–Kier alpha value is -2.47. The van der Waals surface area contributed by atoms with Crippen LogP contribution in [-0.2, 0) is 13.6 Å². The number of aryl methyl sites for hydroxylation is 1. The largest absolute Gasteiger partial charge is 0.383 e. The molecule has 2 aromatic heterocycles. The summed E-state index contributed by atoms with van der Waals surface area (Å²) in [6, 6.07) is 8.03. The average molecular weight is 296 g/mol. The number of para-hydroxylation sites is 1. The van der Waals surface area contributed by atoms with Crippen molar-refractivity contribution in [3.05, 3.63) is 48.0 Å². The van der Waals surface area contributed by atoms with Gasteiger partial charge in [-0.05, 0) is 26.1 Å². The van der Waals surface area contributed by atoms with E-state index in [1.54, 1.807) is 0 Å². The Kier molecular flexibility index (Phi) is 3.77. The van der Waals surface area contributed by atoms with Crippen molar-refractivity contribution in [2.75, 3.05) is 12.8 Å². The number of fused-ring (bicyclic) bond motifs is 1. The van der Waals surface area contributed by atoms with E-state index in [-0.39, 0.29) is 6.04 Å². The van der Waals surface area contributed by atoms with Gasteiger partial charge in [-0.2, -0.15) is 5.10 Å². The third kappa shape index (κ3) is 2.78. The van der Waals surface area contributed by atoms with Crippen LogP contribution >= 0.6 is 0 Å². The van der Waals surface area contributed by atoms with Gasteiger partial charge in [0.1, 0.15) is 11.6 Å². The summed E-state index contributed by atoms with van der Waals surface area (Å²) in [5.41, 5.74) is 8.09. The first-order valence-corrected chi connectivity index (χ1v) is 7.24. The average Bonchev–Trinajstić information content (AvgIpc) is 2.93. The maximum absolute atomic E-state index is 6.04. The van der Waals surface area contributed by atoms with Gasteiger partial charge in [0.15, 0.2) is 0 Å². The summed E-state index contributed by atoms with van der Waals surface area (Å²) in [5, 5.41) is 5.12. The van der Waals surface area contributed by atoms with E-state index in [1.807, 2.05) is 55.4 Å². The SMILES string of the molecule is C[C@@H](c1cnn(C)c1)N(C)Cc1nc(N)c2ccccc2n1. The number of anilines is 1. The van der Waals surface area contributed by atoms with Crippen molar-refractivity contribution in [3.63, 3.8) is 0 Å². The minimum absolute atomic E-state index is 0.227. The minimum atomic E-state index is 0.227. The number of aromatic nitrogens is 4. The molecule has 6 nitrogen and oxygen atoms in total. The van der Waals surface area contributed by atoms with E-state index in [9.17, 15) is 0 Å². The standard InChI is InChI=1S/C16H20N6/c1-11(12-8-18-22(3)9-12)21(2)10-15-19-14-7-5-4-6-13(14)16(17)20-15/h4-9,11H,10H2,1-3H3,(H2,17,19,20)/t11-/m0/s1. The molecule has 0 spiro atoms. The molecular formula is C16H20N6. The van der Waals surface area contributed by atoms with Crippen LogP contribution in [-0.4, -0.2) is 31.7 Å². The number of nitrogen functional groups attached to an aromatic ring is 1. The van der Waals surface area contributed by atoms with Gasteiger partial charge in [0, 0.05) is 30.2 Å². The van der Waals surface area contributed by atoms with Crippen LogP contribution in [0.1, 0.15) is 24.4 Å². The van der Waals surface area contributed by atoms with Crippen molar-refractivity contribution in [2.45, 2.75) is 19.5 Å². The number of rotatable bonds is 4. The van der Waals surface area contributed by atoms with Gasteiger partial charge in [0.25, 0.3) is 0 Å². The maximum atomic E-state index is 6.04. The van der Waals surface area contributed by atoms with Crippen molar-refractivity contribution >= 4 is 16.7 Å². The molecule has 1 atom stereocenters. The molecule has 0 bridgehead atoms. The molecule has 0 unspecified atom stereocenters. The quantitative estimate of drug-likeness (QED) is 0.798. The van der Waals surface area contributed by atoms with Crippen LogP contribution in [0.15, 0.2) is 36.7 Å². The molecule has 0 radical (unpaired) electrons. The summed E-state index contributed by atoms with van der Waals surface area (Å²) in [7, 11) is 3.97. The molecule has 0 saturated heterocycles. The Morgan fingerprint density at radius 3 is 2.77 bits per heavy atom. The van der Waals surface area contributed by atoms with Gasteiger partial charge in [-0.1, -0.05) is 12.1 Å². The number of hydrogen-bond donors (Lipinski definition) is 1. The summed E-state index contributed by atoms with van der Waals surface area (Å²) >= 11 is 0. The Morgan fingerprint density at radius 1 is 1.27 bits per heavy atom. The highest BCUT2D eigenvalue weighted by atomic mass is 15.2. The molecule has 114 valence electrons. The van der Waals surface area contributed by atoms with Crippen LogP contribution in [0.3, 0.4) is 0 Å². The van der Waals surface area contributed by atoms with Crippen LogP contribution in [0.25, 0.3) is 10.9 Å². The van der Waals surface area contributed by atoms with Crippen LogP contribution in [0.4, 0.5) is 5.82 Å². The van der Waals surface area contributed by atoms with E-state index >= 15 is 0 Å². The zero-order chi connectivity index (χ0) is 15.7. The van der Waals surface area contributed by atoms with E-state index in [4.69, 9.17) is 5.73 Å². The van der Waals surface area contributed by atoms with Crippen molar-refractivity contribution in [1.82, 2.24) is 24.6 Å². The second-order valence-corrected chi connectivity index (χ2v) is 5.58. The number of benzene rings is 1. The van der Waals surface area contributed by atoms with E-state index in [2.05, 4.69) is 26.9 Å². The topological polar surface area (TPSA) is 72.9 Å². The van der Waals surface area contributed by atoms with Gasteiger partial charge in [-0.15, -0.1) is 0 Å². The van der Waals surface area contributed by atoms with Crippen molar-refractivity contribution in [2.24, 2.45) is 7.05 Å². The summed E-state index contributed by atoms with van der Waals surface area (Å²) < 4.78 is 1.81. The van der Waals surface area contributed by atoms with Gasteiger partial charge >= 0.3 is 0 Å². The van der Waals surface area contributed by atoms with Crippen LogP contribution in [0.5, 0.6) is 0 Å². The van der Waals surface area contributed by atoms with Crippen molar-refractivity contribution in [3.8, 4) is 0 Å². The Bertz CT molecular complexity index is 794. The zero-order valence-corrected chi connectivity index (χ0v) is 13.1. The molecule has 0 fully saturated rings. The van der Waals surface area contributed by atoms with Crippen LogP contribution in [0.2, 0.25) is 0 Å². The summed E-state index contributed by atoms with van der Waals surface area (Å²) in [6.07, 6.45) is 3.91. The van der Waals surface area contributed by atoms with Crippen LogP contribution < -0.4 is 5.73 Å². The molecule has 0 aliphatic heterocycles. The van der Waals surface area contributed by atoms with Crippen molar-refractivity contribution < 1.29 is 0 Å². The molecule has 6 heteroatoms. The zero-order valence-electron chi connectivity index (χ0n) is 13.1. The van der Waals surface area contributed by atoms with Gasteiger partial charge < -0.3 is 5.73 Å². The fourth-order valence-electron chi connectivity index (χ4n) is 2.49. The lowest BCUT2D eigenvalue weighted by Crippen LogP contribution is -2.23. The van der Waals surface area contributed by atoms with Crippen molar-refractivity contribution in [1.29, 1.82) is 0 Å². The van der Waals surface area contributed by atoms with E-state index in [0.717, 1.165) is 16.7 Å². The Balaban J connectivity index is 1.83. The second kappa shape index (κ2) is 5.73. The van der Waals surface area contributed by atoms with E-state index in [1.165, 1.54) is 5.56 Å². The van der Waals surface area contributed by atoms with Crippen LogP contribution in [0, 0.1) is 0 Å². The van der Waals surface area contributed by atoms with Gasteiger partial charge in [0.2, 0.25) is 0 Å². The highest BCUT2D eigenvalue weighted by Gasteiger charge is 2.15. The molecule has 2 heterocycles. The molecule has 1 aromatic carbocycles. The third-order valence-electron chi connectivity index (χ3n) is 3.94. The highest BCUT2D eigenvalue weighted by Crippen LogP contribution is 2.21. The molecular weight excluding hydrogens is 276 g/mol. The smallest absolute Gasteiger partial charge is 0.145 e. The molecule has 3 aromatic rings. The normalized spacial score (nSPS) is 12.9. The fourth-order valence-corrected chi connectivity index (χ4v) is 2.49. The first-order valence-electron chi connectivity index (χ1n) is 7.24.